The molecule has 0 aromatic heterocycles. The lowest BCUT2D eigenvalue weighted by Gasteiger charge is -2.31. The van der Waals surface area contributed by atoms with Crippen LogP contribution in [0.5, 0.6) is 0 Å². The van der Waals surface area contributed by atoms with Crippen molar-refractivity contribution in [2.24, 2.45) is 5.73 Å². The molecule has 2 heterocycles. The van der Waals surface area contributed by atoms with Gasteiger partial charge in [0, 0.05) is 30.0 Å². The molecule has 7 nitrogen and oxygen atoms in total. The molecule has 0 radical (unpaired) electrons. The van der Waals surface area contributed by atoms with Gasteiger partial charge in [0.25, 0.3) is 5.91 Å². The van der Waals surface area contributed by atoms with Crippen LogP contribution in [0.4, 0.5) is 4.79 Å². The Kier molecular flexibility index (Phi) is 2.78. The van der Waals surface area contributed by atoms with Crippen molar-refractivity contribution in [3.63, 3.8) is 0 Å². The highest BCUT2D eigenvalue weighted by atomic mass is 16.6. The van der Waals surface area contributed by atoms with E-state index in [-0.39, 0.29) is 44.2 Å². The second-order valence-corrected chi connectivity index (χ2v) is 4.80. The van der Waals surface area contributed by atoms with Crippen molar-refractivity contribution in [2.75, 3.05) is 32.8 Å². The topological polar surface area (TPSA) is 85.1 Å². The number of hydrogen-bond donors (Lipinski definition) is 1. The minimum atomic E-state index is -2.54. The zero-order valence-electron chi connectivity index (χ0n) is 15.4. The minimum Gasteiger partial charge on any atom is -0.443 e. The molecule has 2 saturated heterocycles. The van der Waals surface area contributed by atoms with Crippen molar-refractivity contribution in [1.82, 2.24) is 9.80 Å². The number of cyclic esters (lactones) is 1. The second kappa shape index (κ2) is 5.87. The Morgan fingerprint density at radius 3 is 2.62 bits per heavy atom. The molecule has 2 N–H and O–H groups in total. The maximum absolute atomic E-state index is 12.0. The Hall–Kier alpha value is -1.86. The van der Waals surface area contributed by atoms with E-state index in [1.807, 2.05) is 0 Å². The third kappa shape index (κ3) is 2.79. The fourth-order valence-corrected chi connectivity index (χ4v) is 2.30. The lowest BCUT2D eigenvalue weighted by Crippen LogP contribution is -2.41. The van der Waals surface area contributed by atoms with Crippen LogP contribution < -0.4 is 5.73 Å². The fourth-order valence-electron chi connectivity index (χ4n) is 2.30. The molecule has 2 aliphatic heterocycles. The van der Waals surface area contributed by atoms with Crippen molar-refractivity contribution in [2.45, 2.75) is 18.8 Å². The highest BCUT2D eigenvalue weighted by Crippen LogP contribution is 2.27. The van der Waals surface area contributed by atoms with Gasteiger partial charge in [-0.1, -0.05) is 0 Å². The summed E-state index contributed by atoms with van der Waals surface area (Å²) in [6, 6.07) is 0. The first-order chi connectivity index (χ1) is 11.7. The zero-order chi connectivity index (χ0) is 18.4. The van der Waals surface area contributed by atoms with Crippen LogP contribution in [-0.4, -0.2) is 60.8 Å². The van der Waals surface area contributed by atoms with E-state index in [0.717, 1.165) is 4.90 Å². The number of allylic oxidation sites excluding steroid dienone is 4. The molecule has 2 amide bonds. The van der Waals surface area contributed by atoms with Crippen molar-refractivity contribution in [1.29, 1.82) is 0 Å². The van der Waals surface area contributed by atoms with Gasteiger partial charge >= 0.3 is 6.09 Å². The molecule has 1 atom stereocenters. The van der Waals surface area contributed by atoms with E-state index in [4.69, 9.17) is 20.7 Å². The first-order valence-electron chi connectivity index (χ1n) is 8.69. The Labute approximate surface area is 128 Å². The molecule has 3 aliphatic rings. The summed E-state index contributed by atoms with van der Waals surface area (Å²) in [7, 11) is 0. The zero-order valence-corrected chi connectivity index (χ0v) is 11.4. The molecule has 0 spiro atoms. The summed E-state index contributed by atoms with van der Waals surface area (Å²) in [4.78, 5) is 26.3. The largest absolute Gasteiger partial charge is 0.443 e. The maximum Gasteiger partial charge on any atom is 0.414 e. The number of carbonyl (C=O) groups is 2. The van der Waals surface area contributed by atoms with Gasteiger partial charge in [0.05, 0.1) is 13.2 Å². The number of morpholine rings is 1. The van der Waals surface area contributed by atoms with E-state index in [0.29, 0.717) is 0 Å². The highest BCUT2D eigenvalue weighted by Gasteiger charge is 2.33. The third-order valence-electron chi connectivity index (χ3n) is 3.42. The molecule has 114 valence electrons. The quantitative estimate of drug-likeness (QED) is 0.803. The molecule has 21 heavy (non-hydrogen) atoms. The van der Waals surface area contributed by atoms with Crippen LogP contribution in [0.1, 0.15) is 18.2 Å². The number of nitrogens with two attached hydrogens (primary N) is 1. The normalized spacial score (nSPS) is 34.2. The van der Waals surface area contributed by atoms with Crippen LogP contribution in [0.3, 0.4) is 0 Å². The predicted molar refractivity (Wildman–Crippen MR) is 74.0 cm³/mol. The van der Waals surface area contributed by atoms with E-state index in [1.165, 1.54) is 17.1 Å². The van der Waals surface area contributed by atoms with E-state index in [9.17, 15) is 9.59 Å². The monoisotopic (exact) mass is 297 g/mol. The summed E-state index contributed by atoms with van der Waals surface area (Å²) < 4.78 is 43.3. The van der Waals surface area contributed by atoms with Crippen molar-refractivity contribution >= 4 is 12.0 Å². The maximum atomic E-state index is 12.0. The van der Waals surface area contributed by atoms with Crippen molar-refractivity contribution in [3.05, 3.63) is 23.5 Å². The first-order valence-corrected chi connectivity index (χ1v) is 6.69. The second-order valence-electron chi connectivity index (χ2n) is 4.80. The number of nitrogens with zero attached hydrogens (tertiary/aromatic N) is 2. The number of amides is 2. The Bertz CT molecular complexity index is 664. The first kappa shape index (κ1) is 9.97. The highest BCUT2D eigenvalue weighted by molar-refractivity contribution is 5.80. The van der Waals surface area contributed by atoms with Gasteiger partial charge < -0.3 is 20.1 Å². The minimum absolute atomic E-state index is 0.0520. The van der Waals surface area contributed by atoms with E-state index in [1.54, 1.807) is 0 Å². The average molecular weight is 297 g/mol. The molecular weight excluding hydrogens is 274 g/mol. The van der Waals surface area contributed by atoms with Crippen molar-refractivity contribution in [3.8, 4) is 0 Å². The summed E-state index contributed by atoms with van der Waals surface area (Å²) in [5, 5.41) is 0. The molecule has 2 fully saturated rings. The van der Waals surface area contributed by atoms with Gasteiger partial charge in [-0.15, -0.1) is 0 Å². The summed E-state index contributed by atoms with van der Waals surface area (Å²) in [5.74, 6) is -0.433. The molecule has 0 aromatic rings. The average Bonchev–Trinajstić information content (AvgIpc) is 2.92. The third-order valence-corrected chi connectivity index (χ3v) is 3.42. The van der Waals surface area contributed by atoms with E-state index < -0.39 is 30.9 Å². The summed E-state index contributed by atoms with van der Waals surface area (Å²) in [6.07, 6.45) is -3.74. The molecule has 0 unspecified atom stereocenters. The Morgan fingerprint density at radius 2 is 2.00 bits per heavy atom. The molecule has 3 rings (SSSR count). The molecule has 0 bridgehead atoms. The lowest BCUT2D eigenvalue weighted by molar-refractivity contribution is -0.140. The van der Waals surface area contributed by atoms with Crippen molar-refractivity contribution < 1.29 is 24.5 Å². The predicted octanol–water partition coefficient (Wildman–Crippen LogP) is 0.186. The van der Waals surface area contributed by atoms with Gasteiger partial charge in [-0.25, -0.2) is 4.79 Å². The number of ether oxygens (including phenoxy) is 2. The van der Waals surface area contributed by atoms with E-state index in [2.05, 4.69) is 0 Å². The summed E-state index contributed by atoms with van der Waals surface area (Å²) in [6.45, 7) is 0.356. The number of hydrogen-bond acceptors (Lipinski definition) is 5. The SMILES string of the molecule is [2H]C1([2H])C(N2CCOCC2=O)=CC=C(N2C[C@H](CN)OC2=O)C1([2H])[2H]. The summed E-state index contributed by atoms with van der Waals surface area (Å²) in [5.41, 5.74) is 5.25. The van der Waals surface area contributed by atoms with Gasteiger partial charge in [-0.2, -0.15) is 0 Å². The van der Waals surface area contributed by atoms with Gasteiger partial charge in [0.1, 0.15) is 12.7 Å². The molecule has 0 aromatic carbocycles. The molecule has 0 saturated carbocycles. The van der Waals surface area contributed by atoms with Gasteiger partial charge in [0.15, 0.2) is 0 Å². The van der Waals surface area contributed by atoms with Crippen LogP contribution in [0.25, 0.3) is 0 Å². The van der Waals surface area contributed by atoms with Crippen LogP contribution >= 0.6 is 0 Å². The van der Waals surface area contributed by atoms with Crippen LogP contribution in [0.15, 0.2) is 23.5 Å². The van der Waals surface area contributed by atoms with Crippen LogP contribution in [-0.2, 0) is 14.3 Å². The standard InChI is InChI=1S/C14H19N3O4/c15-7-12-8-17(14(19)21-12)11-3-1-10(2-4-11)16-5-6-20-9-13(16)18/h1,3,12H,2,4-9,15H2/t12-/m0/s1/i2D2,4D2. The molecular formula is C14H19N3O4. The Morgan fingerprint density at radius 1 is 1.29 bits per heavy atom. The van der Waals surface area contributed by atoms with Gasteiger partial charge in [-0.3, -0.25) is 9.69 Å². The number of carbonyl (C=O) groups excluding carboxylic acids is 2. The van der Waals surface area contributed by atoms with Crippen LogP contribution in [0, 0.1) is 0 Å². The summed E-state index contributed by atoms with van der Waals surface area (Å²) >= 11 is 0. The van der Waals surface area contributed by atoms with Gasteiger partial charge in [0.2, 0.25) is 0 Å². The fraction of sp³-hybridized carbons (Fsp3) is 0.571. The molecule has 7 heteroatoms. The van der Waals surface area contributed by atoms with Gasteiger partial charge in [-0.05, 0) is 24.9 Å². The van der Waals surface area contributed by atoms with E-state index >= 15 is 0 Å². The number of rotatable bonds is 3. The Balaban J connectivity index is 1.98. The molecule has 1 aliphatic carbocycles. The smallest absolute Gasteiger partial charge is 0.414 e. The van der Waals surface area contributed by atoms with Crippen LogP contribution in [0.2, 0.25) is 0 Å². The lowest BCUT2D eigenvalue weighted by atomic mass is 10.1.